The number of rotatable bonds is 10. The summed E-state index contributed by atoms with van der Waals surface area (Å²) in [5, 5.41) is 0. The van der Waals surface area contributed by atoms with Gasteiger partial charge in [-0.1, -0.05) is 68.5 Å². The molecule has 0 aromatic heterocycles. The lowest BCUT2D eigenvalue weighted by atomic mass is 9.94. The van der Waals surface area contributed by atoms with Gasteiger partial charge in [-0.05, 0) is 61.2 Å². The van der Waals surface area contributed by atoms with Crippen LogP contribution in [0.5, 0.6) is 0 Å². The van der Waals surface area contributed by atoms with Gasteiger partial charge in [0.05, 0.1) is 39.6 Å². The first-order chi connectivity index (χ1) is 14.7. The first-order valence-electron chi connectivity index (χ1n) is 12.3. The molecule has 2 saturated carbocycles. The maximum Gasteiger partial charge on any atom is 0.104 e. The molecule has 4 aliphatic rings. The SMILES string of the molecule is C.C.C.C.C=CC1CC(C=C)C(COC2COC2)C1.CCC1CC(CC)C(COC2COC2)C1. The van der Waals surface area contributed by atoms with Crippen molar-refractivity contribution in [1.82, 2.24) is 0 Å². The number of hydrogen-bond donors (Lipinski definition) is 0. The van der Waals surface area contributed by atoms with E-state index < -0.39 is 0 Å². The molecule has 4 heteroatoms. The van der Waals surface area contributed by atoms with Crippen LogP contribution in [0.1, 0.15) is 82.1 Å². The van der Waals surface area contributed by atoms with Crippen LogP contribution in [0.15, 0.2) is 25.3 Å². The van der Waals surface area contributed by atoms with Crippen LogP contribution in [0, 0.1) is 35.5 Å². The van der Waals surface area contributed by atoms with E-state index in [2.05, 4.69) is 39.2 Å². The van der Waals surface area contributed by atoms with Crippen LogP contribution in [0.2, 0.25) is 0 Å². The van der Waals surface area contributed by atoms with Crippen molar-refractivity contribution < 1.29 is 18.9 Å². The van der Waals surface area contributed by atoms with Gasteiger partial charge in [0.15, 0.2) is 0 Å². The second-order valence-corrected chi connectivity index (χ2v) is 9.79. The van der Waals surface area contributed by atoms with Crippen molar-refractivity contribution >= 4 is 0 Å². The molecule has 0 aromatic carbocycles. The van der Waals surface area contributed by atoms with E-state index in [1.54, 1.807) is 0 Å². The summed E-state index contributed by atoms with van der Waals surface area (Å²) < 4.78 is 21.8. The lowest BCUT2D eigenvalue weighted by Gasteiger charge is -2.28. The predicted molar refractivity (Wildman–Crippen MR) is 148 cm³/mol. The van der Waals surface area contributed by atoms with Gasteiger partial charge in [-0.25, -0.2) is 0 Å². The standard InChI is InChI=1S/C13H24O2.C13H20O2.4CH4/c2*1-3-10-5-11(4-2)12(6-10)7-15-13-8-14-9-13;;;;/h10-13H,3-9H2,1-2H3;3-4,10-13H,1-2,5-9H2;4*1H4. The van der Waals surface area contributed by atoms with E-state index in [-0.39, 0.29) is 29.7 Å². The van der Waals surface area contributed by atoms with Crippen molar-refractivity contribution in [3.05, 3.63) is 25.3 Å². The highest BCUT2D eigenvalue weighted by molar-refractivity contribution is 4.98. The number of allylic oxidation sites excluding steroid dienone is 2. The van der Waals surface area contributed by atoms with E-state index in [1.165, 1.54) is 38.5 Å². The summed E-state index contributed by atoms with van der Waals surface area (Å²) in [6.45, 7) is 17.4. The summed E-state index contributed by atoms with van der Waals surface area (Å²) >= 11 is 0. The van der Waals surface area contributed by atoms with E-state index in [0.717, 1.165) is 57.4 Å². The Labute approximate surface area is 213 Å². The fraction of sp³-hybridized carbons (Fsp3) is 0.867. The highest BCUT2D eigenvalue weighted by Gasteiger charge is 2.34. The van der Waals surface area contributed by atoms with E-state index >= 15 is 0 Å². The average Bonchev–Trinajstić information content (AvgIpc) is 3.29. The third kappa shape index (κ3) is 10.1. The Morgan fingerprint density at radius 3 is 1.62 bits per heavy atom. The van der Waals surface area contributed by atoms with Crippen LogP contribution in [-0.4, -0.2) is 51.8 Å². The van der Waals surface area contributed by atoms with Crippen molar-refractivity contribution in [2.75, 3.05) is 39.6 Å². The molecule has 2 aliphatic carbocycles. The Kier molecular flexibility index (Phi) is 19.4. The largest absolute Gasteiger partial charge is 0.376 e. The summed E-state index contributed by atoms with van der Waals surface area (Å²) in [5.41, 5.74) is 0. The van der Waals surface area contributed by atoms with Gasteiger partial charge in [-0.3, -0.25) is 0 Å². The molecule has 4 nitrogen and oxygen atoms in total. The molecule has 2 saturated heterocycles. The lowest BCUT2D eigenvalue weighted by molar-refractivity contribution is -0.138. The Morgan fingerprint density at radius 2 is 1.21 bits per heavy atom. The smallest absolute Gasteiger partial charge is 0.104 e. The molecule has 0 amide bonds. The normalized spacial score (nSPS) is 32.2. The molecule has 0 N–H and O–H groups in total. The van der Waals surface area contributed by atoms with Crippen molar-refractivity contribution in [2.24, 2.45) is 35.5 Å². The van der Waals surface area contributed by atoms with Crippen molar-refractivity contribution in [2.45, 2.75) is 94.3 Å². The van der Waals surface area contributed by atoms with E-state index in [4.69, 9.17) is 18.9 Å². The molecule has 6 unspecified atom stereocenters. The molecule has 0 aromatic rings. The Balaban J connectivity index is 0. The lowest BCUT2D eigenvalue weighted by Crippen LogP contribution is -2.37. The van der Waals surface area contributed by atoms with E-state index in [1.807, 2.05) is 0 Å². The van der Waals surface area contributed by atoms with Gasteiger partial charge in [0, 0.05) is 0 Å². The molecule has 34 heavy (non-hydrogen) atoms. The van der Waals surface area contributed by atoms with Gasteiger partial charge in [0.2, 0.25) is 0 Å². The topological polar surface area (TPSA) is 36.9 Å². The minimum absolute atomic E-state index is 0. The maximum absolute atomic E-state index is 5.86. The molecule has 204 valence electrons. The maximum atomic E-state index is 5.86. The van der Waals surface area contributed by atoms with Crippen molar-refractivity contribution in [1.29, 1.82) is 0 Å². The first kappa shape index (κ1) is 35.5. The number of hydrogen-bond acceptors (Lipinski definition) is 4. The fourth-order valence-corrected chi connectivity index (χ4v) is 5.39. The molecule has 0 radical (unpaired) electrons. The van der Waals surface area contributed by atoms with Crippen LogP contribution in [0.3, 0.4) is 0 Å². The minimum atomic E-state index is 0. The molecule has 4 rings (SSSR count). The van der Waals surface area contributed by atoms with Crippen LogP contribution in [0.25, 0.3) is 0 Å². The zero-order chi connectivity index (χ0) is 21.3. The van der Waals surface area contributed by atoms with E-state index in [0.29, 0.717) is 30.0 Å². The second-order valence-electron chi connectivity index (χ2n) is 9.79. The molecule has 2 aliphatic heterocycles. The zero-order valence-corrected chi connectivity index (χ0v) is 19.3. The summed E-state index contributed by atoms with van der Waals surface area (Å²) in [6.07, 6.45) is 12.8. The Morgan fingerprint density at radius 1 is 0.676 bits per heavy atom. The summed E-state index contributed by atoms with van der Waals surface area (Å²) in [5.74, 6) is 4.58. The van der Waals surface area contributed by atoms with Crippen molar-refractivity contribution in [3.63, 3.8) is 0 Å². The molecule has 6 atom stereocenters. The molecular formula is C30H60O4. The number of ether oxygens (including phenoxy) is 4. The Hall–Kier alpha value is -0.680. The summed E-state index contributed by atoms with van der Waals surface area (Å²) in [4.78, 5) is 0. The molecular weight excluding hydrogens is 424 g/mol. The van der Waals surface area contributed by atoms with E-state index in [9.17, 15) is 0 Å². The highest BCUT2D eigenvalue weighted by Crippen LogP contribution is 2.40. The fourth-order valence-electron chi connectivity index (χ4n) is 5.39. The predicted octanol–water partition coefficient (Wildman–Crippen LogP) is 7.82. The van der Waals surface area contributed by atoms with Crippen molar-refractivity contribution in [3.8, 4) is 0 Å². The molecule has 4 fully saturated rings. The summed E-state index contributed by atoms with van der Waals surface area (Å²) in [6, 6.07) is 0. The van der Waals surface area contributed by atoms with Crippen LogP contribution < -0.4 is 0 Å². The highest BCUT2D eigenvalue weighted by atomic mass is 16.6. The van der Waals surface area contributed by atoms with Gasteiger partial charge in [-0.15, -0.1) is 13.2 Å². The average molecular weight is 485 g/mol. The van der Waals surface area contributed by atoms with Crippen LogP contribution in [-0.2, 0) is 18.9 Å². The van der Waals surface area contributed by atoms with Gasteiger partial charge in [0.1, 0.15) is 12.2 Å². The van der Waals surface area contributed by atoms with Gasteiger partial charge >= 0.3 is 0 Å². The summed E-state index contributed by atoms with van der Waals surface area (Å²) in [7, 11) is 0. The third-order valence-corrected chi connectivity index (χ3v) is 7.77. The van der Waals surface area contributed by atoms with Crippen LogP contribution in [0.4, 0.5) is 0 Å². The third-order valence-electron chi connectivity index (χ3n) is 7.77. The molecule has 0 bridgehead atoms. The van der Waals surface area contributed by atoms with Gasteiger partial charge in [-0.2, -0.15) is 0 Å². The van der Waals surface area contributed by atoms with Gasteiger partial charge < -0.3 is 18.9 Å². The Bertz CT molecular complexity index is 514. The minimum Gasteiger partial charge on any atom is -0.376 e. The second kappa shape index (κ2) is 18.6. The molecule has 2 heterocycles. The van der Waals surface area contributed by atoms with Gasteiger partial charge in [0.25, 0.3) is 0 Å². The first-order valence-corrected chi connectivity index (χ1v) is 12.3. The quantitative estimate of drug-likeness (QED) is 0.296. The zero-order valence-electron chi connectivity index (χ0n) is 19.3. The van der Waals surface area contributed by atoms with Crippen LogP contribution >= 0.6 is 0 Å². The molecule has 0 spiro atoms. The monoisotopic (exact) mass is 484 g/mol.